The summed E-state index contributed by atoms with van der Waals surface area (Å²) in [5.41, 5.74) is 4.91. The van der Waals surface area contributed by atoms with E-state index >= 15 is 0 Å². The number of hydrogen-bond donors (Lipinski definition) is 2. The summed E-state index contributed by atoms with van der Waals surface area (Å²) in [6, 6.07) is 18.7. The molecule has 2 aromatic carbocycles. The standard InChI is InChI=1S/C49H66O8/c1-29(2)35(34-18-14-17-33(25-34)32-15-12-11-13-16-32)19-20-36(44(53)55-28-56-45(54)46(5,6)7)42-38-26-40(52)43-47(8)23-22-39(51)30(3)37(47)21-24-48(43,9)49(38,10)27-41(42)57-31(4)50/h11-18,25,30,37-41,43,51-52H,19-24,26-28H2,1-10H3/b42-36-/t30-,37?,38?,39+,40+,41-,43-,47-,48-,49-/m0/s1. The molecule has 0 bridgehead atoms. The first-order valence-corrected chi connectivity index (χ1v) is 21.2. The normalized spacial score (nSPS) is 34.2. The summed E-state index contributed by atoms with van der Waals surface area (Å²) in [7, 11) is 0. The number of ether oxygens (including phenoxy) is 3. The quantitative estimate of drug-likeness (QED) is 0.147. The minimum absolute atomic E-state index is 0.0290. The maximum Gasteiger partial charge on any atom is 0.336 e. The number of fused-ring (bicyclic) bond motifs is 5. The van der Waals surface area contributed by atoms with E-state index < -0.39 is 47.7 Å². The third-order valence-corrected chi connectivity index (χ3v) is 15.1. The zero-order valence-electron chi connectivity index (χ0n) is 35.9. The molecule has 0 aromatic heterocycles. The van der Waals surface area contributed by atoms with E-state index in [9.17, 15) is 24.6 Å². The maximum atomic E-state index is 14.6. The van der Waals surface area contributed by atoms with Gasteiger partial charge in [-0.15, -0.1) is 0 Å². The molecule has 8 heteroatoms. The Bertz CT molecular complexity index is 1900. The van der Waals surface area contributed by atoms with Gasteiger partial charge in [0.2, 0.25) is 6.79 Å². The molecule has 4 aliphatic carbocycles. The van der Waals surface area contributed by atoms with Gasteiger partial charge in [0.25, 0.3) is 0 Å². The number of benzene rings is 2. The number of carbonyl (C=O) groups is 3. The molecule has 6 rings (SSSR count). The third kappa shape index (κ3) is 7.90. The van der Waals surface area contributed by atoms with Crippen LogP contribution in [0.5, 0.6) is 0 Å². The zero-order valence-corrected chi connectivity index (χ0v) is 35.9. The Kier molecular flexibility index (Phi) is 12.1. The van der Waals surface area contributed by atoms with E-state index in [0.29, 0.717) is 43.6 Å². The largest absolute Gasteiger partial charge is 0.458 e. The van der Waals surface area contributed by atoms with Gasteiger partial charge in [0, 0.05) is 12.5 Å². The third-order valence-electron chi connectivity index (χ3n) is 15.1. The van der Waals surface area contributed by atoms with E-state index in [1.807, 2.05) is 18.2 Å². The summed E-state index contributed by atoms with van der Waals surface area (Å²) in [6.45, 7) is 19.4. The first-order valence-electron chi connectivity index (χ1n) is 21.2. The molecule has 0 radical (unpaired) electrons. The molecule has 10 atom stereocenters. The summed E-state index contributed by atoms with van der Waals surface area (Å²) in [4.78, 5) is 40.2. The Morgan fingerprint density at radius 1 is 0.825 bits per heavy atom. The second-order valence-corrected chi connectivity index (χ2v) is 19.7. The molecule has 2 aromatic rings. The molecule has 310 valence electrons. The lowest BCUT2D eigenvalue weighted by atomic mass is 9.36. The van der Waals surface area contributed by atoms with Crippen LogP contribution in [0.3, 0.4) is 0 Å². The number of carbonyl (C=O) groups excluding carboxylic acids is 3. The van der Waals surface area contributed by atoms with E-state index in [1.165, 1.54) is 6.92 Å². The van der Waals surface area contributed by atoms with Gasteiger partial charge in [-0.3, -0.25) is 9.59 Å². The Labute approximate surface area is 340 Å². The van der Waals surface area contributed by atoms with Gasteiger partial charge in [-0.05, 0) is 160 Å². The molecular weight excluding hydrogens is 717 g/mol. The summed E-state index contributed by atoms with van der Waals surface area (Å²) < 4.78 is 17.4. The average molecular weight is 783 g/mol. The molecule has 2 unspecified atom stereocenters. The van der Waals surface area contributed by atoms with Gasteiger partial charge in [0.1, 0.15) is 6.10 Å². The SMILES string of the molecule is CC(=O)O[C@H]1C[C@@]2(C)C(C[C@@H](O)[C@H]3[C@@]4(C)CC[C@@H](O)[C@@H](C)C4CC[C@@]32C)/C1=C(\CCC(=C(C)C)c1cccc(-c2ccccc2)c1)C(=O)OCOC(=O)C(C)(C)C. The van der Waals surface area contributed by atoms with Crippen LogP contribution in [0.4, 0.5) is 0 Å². The van der Waals surface area contributed by atoms with Crippen LogP contribution in [0.2, 0.25) is 0 Å². The minimum atomic E-state index is -0.776. The number of aliphatic hydroxyl groups is 2. The van der Waals surface area contributed by atoms with Crippen LogP contribution in [0.1, 0.15) is 126 Å². The van der Waals surface area contributed by atoms with Crippen LogP contribution in [0.15, 0.2) is 71.3 Å². The molecule has 0 amide bonds. The van der Waals surface area contributed by atoms with Gasteiger partial charge < -0.3 is 24.4 Å². The maximum absolute atomic E-state index is 14.6. The van der Waals surface area contributed by atoms with Gasteiger partial charge in [-0.1, -0.05) is 81.8 Å². The van der Waals surface area contributed by atoms with Gasteiger partial charge in [-0.2, -0.15) is 0 Å². The minimum Gasteiger partial charge on any atom is -0.458 e. The summed E-state index contributed by atoms with van der Waals surface area (Å²) >= 11 is 0. The molecule has 0 aliphatic heterocycles. The van der Waals surface area contributed by atoms with Crippen LogP contribution in [0, 0.1) is 45.3 Å². The van der Waals surface area contributed by atoms with Gasteiger partial charge in [0.15, 0.2) is 0 Å². The van der Waals surface area contributed by atoms with Crippen molar-refractivity contribution in [2.75, 3.05) is 6.79 Å². The van der Waals surface area contributed by atoms with Crippen molar-refractivity contribution in [2.45, 2.75) is 139 Å². The molecule has 8 nitrogen and oxygen atoms in total. The lowest BCUT2D eigenvalue weighted by molar-refractivity contribution is -0.234. The molecule has 4 fully saturated rings. The van der Waals surface area contributed by atoms with Crippen molar-refractivity contribution in [1.82, 2.24) is 0 Å². The summed E-state index contributed by atoms with van der Waals surface area (Å²) in [6.07, 6.45) is 3.43. The summed E-state index contributed by atoms with van der Waals surface area (Å²) in [5.74, 6) is -1.37. The van der Waals surface area contributed by atoms with Crippen LogP contribution in [-0.4, -0.2) is 53.2 Å². The van der Waals surface area contributed by atoms with Crippen molar-refractivity contribution in [3.63, 3.8) is 0 Å². The number of allylic oxidation sites excluding steroid dienone is 2. The fourth-order valence-corrected chi connectivity index (χ4v) is 12.2. The number of rotatable bonds is 9. The molecule has 4 aliphatic rings. The van der Waals surface area contributed by atoms with E-state index in [4.69, 9.17) is 14.2 Å². The van der Waals surface area contributed by atoms with E-state index in [0.717, 1.165) is 52.7 Å². The second-order valence-electron chi connectivity index (χ2n) is 19.7. The number of esters is 3. The van der Waals surface area contributed by atoms with E-state index in [2.05, 4.69) is 77.9 Å². The van der Waals surface area contributed by atoms with Crippen LogP contribution in [-0.2, 0) is 28.6 Å². The molecule has 4 saturated carbocycles. The Balaban J connectivity index is 1.43. The topological polar surface area (TPSA) is 119 Å². The molecule has 2 N–H and O–H groups in total. The van der Waals surface area contributed by atoms with Crippen LogP contribution in [0.25, 0.3) is 16.7 Å². The van der Waals surface area contributed by atoms with Crippen molar-refractivity contribution in [1.29, 1.82) is 0 Å². The lowest BCUT2D eigenvalue weighted by Gasteiger charge is -2.69. The van der Waals surface area contributed by atoms with Crippen molar-refractivity contribution in [3.8, 4) is 11.1 Å². The monoisotopic (exact) mass is 782 g/mol. The van der Waals surface area contributed by atoms with Crippen molar-refractivity contribution in [2.24, 2.45) is 45.3 Å². The van der Waals surface area contributed by atoms with Gasteiger partial charge in [-0.25, -0.2) is 4.79 Å². The van der Waals surface area contributed by atoms with Crippen LogP contribution >= 0.6 is 0 Å². The second kappa shape index (κ2) is 16.1. The van der Waals surface area contributed by atoms with E-state index in [-0.39, 0.29) is 34.7 Å². The highest BCUT2D eigenvalue weighted by atomic mass is 16.7. The highest BCUT2D eigenvalue weighted by Crippen LogP contribution is 2.74. The first-order chi connectivity index (χ1) is 26.7. The molecule has 0 saturated heterocycles. The molecule has 0 spiro atoms. The lowest BCUT2D eigenvalue weighted by Crippen LogP contribution is -2.65. The average Bonchev–Trinajstić information content (AvgIpc) is 3.42. The number of hydrogen-bond acceptors (Lipinski definition) is 8. The molecule has 0 heterocycles. The Morgan fingerprint density at radius 2 is 1.51 bits per heavy atom. The van der Waals surface area contributed by atoms with E-state index in [1.54, 1.807) is 20.8 Å². The van der Waals surface area contributed by atoms with Gasteiger partial charge >= 0.3 is 17.9 Å². The Morgan fingerprint density at radius 3 is 2.16 bits per heavy atom. The Hall–Kier alpha value is -3.75. The van der Waals surface area contributed by atoms with Crippen molar-refractivity contribution < 1.29 is 38.8 Å². The predicted octanol–water partition coefficient (Wildman–Crippen LogP) is 9.87. The van der Waals surface area contributed by atoms with Crippen molar-refractivity contribution in [3.05, 3.63) is 76.9 Å². The predicted molar refractivity (Wildman–Crippen MR) is 222 cm³/mol. The molecular formula is C49H66O8. The smallest absolute Gasteiger partial charge is 0.336 e. The van der Waals surface area contributed by atoms with Gasteiger partial charge in [0.05, 0.1) is 17.6 Å². The number of aliphatic hydroxyl groups excluding tert-OH is 2. The molecule has 57 heavy (non-hydrogen) atoms. The fraction of sp³-hybridized carbons (Fsp3) is 0.612. The fourth-order valence-electron chi connectivity index (χ4n) is 12.2. The van der Waals surface area contributed by atoms with Crippen molar-refractivity contribution >= 4 is 23.5 Å². The summed E-state index contributed by atoms with van der Waals surface area (Å²) in [5, 5.41) is 23.4. The zero-order chi connectivity index (χ0) is 41.7. The highest BCUT2D eigenvalue weighted by molar-refractivity contribution is 5.90. The highest BCUT2D eigenvalue weighted by Gasteiger charge is 2.71. The van der Waals surface area contributed by atoms with Crippen LogP contribution < -0.4 is 0 Å². The first kappa shape index (κ1) is 42.8.